The fraction of sp³-hybridized carbons (Fsp3) is 0.588. The highest BCUT2D eigenvalue weighted by molar-refractivity contribution is 7.80. The van der Waals surface area contributed by atoms with Gasteiger partial charge in [-0.05, 0) is 45.4 Å². The molecule has 0 saturated carbocycles. The van der Waals surface area contributed by atoms with E-state index in [4.69, 9.17) is 4.74 Å². The largest absolute Gasteiger partial charge is 0.482 e. The third-order valence-corrected chi connectivity index (χ3v) is 4.68. The summed E-state index contributed by atoms with van der Waals surface area (Å²) in [6.45, 7) is 4.17. The van der Waals surface area contributed by atoms with Gasteiger partial charge in [0.2, 0.25) is 0 Å². The maximum atomic E-state index is 12.9. The van der Waals surface area contributed by atoms with Crippen LogP contribution in [0.3, 0.4) is 0 Å². The predicted molar refractivity (Wildman–Crippen MR) is 101 cm³/mol. The summed E-state index contributed by atoms with van der Waals surface area (Å²) in [5, 5.41) is 0. The number of hydrogen-bond acceptors (Lipinski definition) is 4. The first-order valence-electron chi connectivity index (χ1n) is 8.62. The Morgan fingerprint density at radius 3 is 2.27 bits per heavy atom. The van der Waals surface area contributed by atoms with E-state index >= 15 is 0 Å². The number of carbonyl (C=O) groups is 1. The molecule has 0 unspecified atom stereocenters. The number of rotatable bonds is 3. The molecular weight excluding hydrogens is 364 g/mol. The fourth-order valence-electron chi connectivity index (χ4n) is 2.86. The second-order valence-corrected chi connectivity index (χ2v) is 8.10. The molecule has 0 aromatic heterocycles. The van der Waals surface area contributed by atoms with Crippen molar-refractivity contribution in [2.24, 2.45) is 0 Å². The molecule has 1 aliphatic heterocycles. The Balaban J connectivity index is 2.08. The summed E-state index contributed by atoms with van der Waals surface area (Å²) >= 11 is 4.33. The molecular formula is C17H25BF3N2O2S-. The minimum atomic E-state index is -4.91. The van der Waals surface area contributed by atoms with Crippen LogP contribution in [0.4, 0.5) is 23.4 Å². The molecule has 0 aliphatic carbocycles. The molecule has 1 aromatic carbocycles. The highest BCUT2D eigenvalue weighted by Crippen LogP contribution is 2.30. The topological polar surface area (TPSA) is 32.8 Å². The molecule has 0 N–H and O–H groups in total. The smallest absolute Gasteiger partial charge is 0.449 e. The molecule has 1 saturated heterocycles. The first kappa shape index (κ1) is 20.8. The Kier molecular flexibility index (Phi) is 6.10. The van der Waals surface area contributed by atoms with Gasteiger partial charge in [-0.25, -0.2) is 4.79 Å². The molecule has 4 nitrogen and oxygen atoms in total. The van der Waals surface area contributed by atoms with E-state index in [-0.39, 0.29) is 11.7 Å². The maximum Gasteiger partial charge on any atom is 0.482 e. The van der Waals surface area contributed by atoms with Gasteiger partial charge in [-0.15, -0.1) is 12.6 Å². The molecule has 0 atom stereocenters. The van der Waals surface area contributed by atoms with Crippen LogP contribution in [-0.4, -0.2) is 49.8 Å². The average Bonchev–Trinajstić information content (AvgIpc) is 2.49. The number of amides is 1. The molecule has 0 spiro atoms. The molecule has 1 heterocycles. The molecule has 1 aliphatic rings. The number of halogens is 3. The summed E-state index contributed by atoms with van der Waals surface area (Å²) in [6.07, 6.45) is -1.28. The molecule has 0 radical (unpaired) electrons. The lowest BCUT2D eigenvalue weighted by Gasteiger charge is -2.37. The molecule has 9 heteroatoms. The summed E-state index contributed by atoms with van der Waals surface area (Å²) in [4.78, 5) is 16.3. The molecule has 1 amide bonds. The average molecular weight is 389 g/mol. The summed E-state index contributed by atoms with van der Waals surface area (Å²) in [7, 11) is 0. The molecule has 1 aromatic rings. The van der Waals surface area contributed by atoms with Crippen LogP contribution < -0.4 is 4.90 Å². The van der Waals surface area contributed by atoms with E-state index in [0.717, 1.165) is 0 Å². The number of ether oxygens (including phenoxy) is 1. The van der Waals surface area contributed by atoms with Crippen LogP contribution in [-0.2, 0) is 11.1 Å². The number of nitrogens with zero attached hydrogens (tertiary/aromatic N) is 2. The Morgan fingerprint density at radius 1 is 1.19 bits per heavy atom. The summed E-state index contributed by atoms with van der Waals surface area (Å²) in [6, 6.07) is 3.38. The normalized spacial score (nSPS) is 16.0. The van der Waals surface area contributed by atoms with Crippen molar-refractivity contribution < 1.29 is 22.5 Å². The van der Waals surface area contributed by atoms with Crippen molar-refractivity contribution in [3.63, 3.8) is 0 Å². The minimum absolute atomic E-state index is 0.259. The third kappa shape index (κ3) is 5.76. The van der Waals surface area contributed by atoms with Gasteiger partial charge < -0.3 is 27.5 Å². The fourth-order valence-corrected chi connectivity index (χ4v) is 3.13. The molecule has 1 fully saturated rings. The number of carbonyl (C=O) groups excluding carboxylic acids is 1. The minimum Gasteiger partial charge on any atom is -0.449 e. The molecule has 146 valence electrons. The first-order chi connectivity index (χ1) is 11.9. The van der Waals surface area contributed by atoms with Crippen LogP contribution in [0.2, 0.25) is 0 Å². The molecule has 0 bridgehead atoms. The Morgan fingerprint density at radius 2 is 1.77 bits per heavy atom. The standard InChI is InChI=1S/C17H25BF3N2O2S/c1-12-13(11-18(19,20)21)9-14(10-15(12)26)22-5-7-23(8-6-22)16(24)25-17(2,3)4/h9-10,26H,5-8,11H2,1-4H3/q-1. The Bertz CT molecular complexity index is 669. The van der Waals surface area contributed by atoms with Crippen molar-refractivity contribution in [2.45, 2.75) is 44.5 Å². The van der Waals surface area contributed by atoms with E-state index in [1.165, 1.54) is 0 Å². The van der Waals surface area contributed by atoms with Crippen LogP contribution in [0.25, 0.3) is 0 Å². The monoisotopic (exact) mass is 389 g/mol. The SMILES string of the molecule is Cc1c(S)cc(N2CCN(C(=O)OC(C)(C)C)CC2)cc1C[B-](F)(F)F. The van der Waals surface area contributed by atoms with Crippen LogP contribution in [0.5, 0.6) is 0 Å². The number of piperazine rings is 1. The van der Waals surface area contributed by atoms with Gasteiger partial charge in [0.1, 0.15) is 5.60 Å². The van der Waals surface area contributed by atoms with Crippen molar-refractivity contribution in [2.75, 3.05) is 31.1 Å². The molecule has 2 rings (SSSR count). The maximum absolute atomic E-state index is 12.9. The molecule has 26 heavy (non-hydrogen) atoms. The third-order valence-electron chi connectivity index (χ3n) is 4.22. The van der Waals surface area contributed by atoms with Crippen molar-refractivity contribution >= 4 is 31.4 Å². The van der Waals surface area contributed by atoms with E-state index in [1.807, 2.05) is 25.7 Å². The lowest BCUT2D eigenvalue weighted by Crippen LogP contribution is -2.50. The highest BCUT2D eigenvalue weighted by Gasteiger charge is 2.28. The summed E-state index contributed by atoms with van der Waals surface area (Å²) in [5.41, 5.74) is 0.970. The van der Waals surface area contributed by atoms with Crippen molar-refractivity contribution in [1.82, 2.24) is 4.90 Å². The van der Waals surface area contributed by atoms with E-state index in [9.17, 15) is 17.7 Å². The van der Waals surface area contributed by atoms with Crippen molar-refractivity contribution in [3.05, 3.63) is 23.3 Å². The number of benzene rings is 1. The van der Waals surface area contributed by atoms with Crippen LogP contribution in [0.15, 0.2) is 17.0 Å². The number of hydrogen-bond donors (Lipinski definition) is 1. The number of anilines is 1. The first-order valence-corrected chi connectivity index (χ1v) is 9.07. The second kappa shape index (κ2) is 7.62. The zero-order chi connectivity index (χ0) is 19.7. The van der Waals surface area contributed by atoms with Gasteiger partial charge in [0.25, 0.3) is 0 Å². The van der Waals surface area contributed by atoms with E-state index in [0.29, 0.717) is 42.3 Å². The van der Waals surface area contributed by atoms with Crippen LogP contribution >= 0.6 is 12.6 Å². The van der Waals surface area contributed by atoms with Gasteiger partial charge in [-0.1, -0.05) is 11.9 Å². The lowest BCUT2D eigenvalue weighted by molar-refractivity contribution is 0.0240. The van der Waals surface area contributed by atoms with Gasteiger partial charge in [-0.3, -0.25) is 0 Å². The predicted octanol–water partition coefficient (Wildman–Crippen LogP) is 4.27. The van der Waals surface area contributed by atoms with Crippen LogP contribution in [0, 0.1) is 6.92 Å². The lowest BCUT2D eigenvalue weighted by atomic mass is 9.80. The highest BCUT2D eigenvalue weighted by atomic mass is 32.1. The summed E-state index contributed by atoms with van der Waals surface area (Å²) < 4.78 is 44.0. The quantitative estimate of drug-likeness (QED) is 0.619. The number of thiol groups is 1. The van der Waals surface area contributed by atoms with Gasteiger partial charge in [0.05, 0.1) is 0 Å². The van der Waals surface area contributed by atoms with E-state index < -0.39 is 18.9 Å². The van der Waals surface area contributed by atoms with Gasteiger partial charge in [0, 0.05) is 36.8 Å². The van der Waals surface area contributed by atoms with Crippen LogP contribution in [0.1, 0.15) is 31.9 Å². The second-order valence-electron chi connectivity index (χ2n) is 7.62. The Hall–Kier alpha value is -1.51. The van der Waals surface area contributed by atoms with Gasteiger partial charge in [0.15, 0.2) is 0 Å². The zero-order valence-corrected chi connectivity index (χ0v) is 16.5. The van der Waals surface area contributed by atoms with Gasteiger partial charge in [-0.2, -0.15) is 0 Å². The zero-order valence-electron chi connectivity index (χ0n) is 15.6. The van der Waals surface area contributed by atoms with E-state index in [2.05, 4.69) is 12.6 Å². The van der Waals surface area contributed by atoms with Crippen molar-refractivity contribution in [3.8, 4) is 0 Å². The van der Waals surface area contributed by atoms with E-state index in [1.54, 1.807) is 24.0 Å². The van der Waals surface area contributed by atoms with Crippen molar-refractivity contribution in [1.29, 1.82) is 0 Å². The Labute approximate surface area is 158 Å². The van der Waals surface area contributed by atoms with Gasteiger partial charge >= 0.3 is 13.1 Å². The summed E-state index contributed by atoms with van der Waals surface area (Å²) in [5.74, 6) is 0.